The maximum Gasteiger partial charge on any atom is 0.353 e. The van der Waals surface area contributed by atoms with Gasteiger partial charge in [-0.3, -0.25) is 14.6 Å². The minimum absolute atomic E-state index is 0.0476. The highest BCUT2D eigenvalue weighted by atomic mass is 35.5. The highest BCUT2D eigenvalue weighted by molar-refractivity contribution is 8.00. The number of amides is 1. The maximum absolute atomic E-state index is 11.5. The predicted molar refractivity (Wildman–Crippen MR) is 66.7 cm³/mol. The van der Waals surface area contributed by atoms with E-state index in [4.69, 9.17) is 11.6 Å². The molecule has 0 bridgehead atoms. The molecule has 3 rings (SSSR count). The second-order valence-electron chi connectivity index (χ2n) is 4.38. The van der Waals surface area contributed by atoms with Gasteiger partial charge >= 0.3 is 5.97 Å². The van der Waals surface area contributed by atoms with Gasteiger partial charge in [0.2, 0.25) is 5.91 Å². The first kappa shape index (κ1) is 12.3. The molecule has 6 nitrogen and oxygen atoms in total. The summed E-state index contributed by atoms with van der Waals surface area (Å²) in [6.07, 6.45) is 0.392. The number of thioether (sulfide) groups is 1. The van der Waals surface area contributed by atoms with Crippen molar-refractivity contribution < 1.29 is 14.7 Å². The van der Waals surface area contributed by atoms with Gasteiger partial charge in [-0.1, -0.05) is 11.6 Å². The number of carbonyl (C=O) groups excluding carboxylic acids is 1. The summed E-state index contributed by atoms with van der Waals surface area (Å²) in [5.74, 6) is -1.29. The molecular formula is C10H12ClN3O3S. The van der Waals surface area contributed by atoms with Crippen LogP contribution in [0.3, 0.4) is 0 Å². The molecule has 2 N–H and O–H groups in total. The summed E-state index contributed by atoms with van der Waals surface area (Å²) in [5.41, 5.74) is -0.0476. The molecule has 98 valence electrons. The van der Waals surface area contributed by atoms with Gasteiger partial charge in [0.25, 0.3) is 0 Å². The van der Waals surface area contributed by atoms with E-state index in [1.54, 1.807) is 11.8 Å². The highest BCUT2D eigenvalue weighted by Crippen LogP contribution is 2.46. The number of aliphatic carboxylic acids is 1. The van der Waals surface area contributed by atoms with Crippen molar-refractivity contribution >= 4 is 35.2 Å². The Morgan fingerprint density at radius 3 is 2.89 bits per heavy atom. The van der Waals surface area contributed by atoms with Crippen LogP contribution < -0.4 is 5.32 Å². The molecule has 0 saturated carbocycles. The molecule has 8 heteroatoms. The fourth-order valence-electron chi connectivity index (χ4n) is 2.38. The maximum atomic E-state index is 11.5. The van der Waals surface area contributed by atoms with Crippen molar-refractivity contribution in [3.05, 3.63) is 10.7 Å². The van der Waals surface area contributed by atoms with E-state index in [1.807, 2.05) is 0 Å². The Kier molecular flexibility index (Phi) is 3.01. The lowest BCUT2D eigenvalue weighted by Crippen LogP contribution is -2.56. The number of hydrogen-bond donors (Lipinski definition) is 2. The molecule has 18 heavy (non-hydrogen) atoms. The molecule has 3 aliphatic rings. The second kappa shape index (κ2) is 4.41. The van der Waals surface area contributed by atoms with Gasteiger partial charge in [-0.2, -0.15) is 0 Å². The average Bonchev–Trinajstić information content (AvgIpc) is 2.82. The number of carbonyl (C=O) groups is 2. The Bertz CT molecular complexity index is 450. The van der Waals surface area contributed by atoms with Crippen molar-refractivity contribution in [3.8, 4) is 0 Å². The SMILES string of the molecule is O=C(O)C1=C(Cl)C(N2CCNC2)S[C@@H]2CC(=O)N12. The third-order valence-corrected chi connectivity index (χ3v) is 5.30. The molecule has 2 atom stereocenters. The van der Waals surface area contributed by atoms with Crippen molar-refractivity contribution in [2.24, 2.45) is 0 Å². The smallest absolute Gasteiger partial charge is 0.353 e. The van der Waals surface area contributed by atoms with E-state index in [2.05, 4.69) is 10.2 Å². The van der Waals surface area contributed by atoms with Gasteiger partial charge in [0, 0.05) is 19.8 Å². The van der Waals surface area contributed by atoms with Crippen LogP contribution in [0.2, 0.25) is 0 Å². The fraction of sp³-hybridized carbons (Fsp3) is 0.600. The van der Waals surface area contributed by atoms with Gasteiger partial charge in [0.15, 0.2) is 0 Å². The van der Waals surface area contributed by atoms with Crippen molar-refractivity contribution in [1.29, 1.82) is 0 Å². The number of rotatable bonds is 2. The third kappa shape index (κ3) is 1.73. The number of β-lactam (4-membered cyclic amide) rings is 1. The Morgan fingerprint density at radius 2 is 2.33 bits per heavy atom. The van der Waals surface area contributed by atoms with E-state index in [9.17, 15) is 14.7 Å². The first-order valence-corrected chi connectivity index (χ1v) is 6.97. The number of nitrogens with zero attached hydrogens (tertiary/aromatic N) is 2. The van der Waals surface area contributed by atoms with Crippen LogP contribution in [0.4, 0.5) is 0 Å². The standard InChI is InChI=1S/C10H12ClN3O3S/c11-7-8(10(16)17)14-5(15)3-6(14)18-9(7)13-2-1-12-4-13/h6,9,12H,1-4H2,(H,16,17)/t6-,9?/m1/s1. The molecule has 0 aromatic carbocycles. The van der Waals surface area contributed by atoms with Crippen molar-refractivity contribution in [1.82, 2.24) is 15.1 Å². The topological polar surface area (TPSA) is 72.9 Å². The van der Waals surface area contributed by atoms with E-state index < -0.39 is 5.97 Å². The monoisotopic (exact) mass is 289 g/mol. The summed E-state index contributed by atoms with van der Waals surface area (Å²) in [6, 6.07) is 0. The summed E-state index contributed by atoms with van der Waals surface area (Å²) in [7, 11) is 0. The molecule has 0 aromatic heterocycles. The lowest BCUT2D eigenvalue weighted by Gasteiger charge is -2.47. The second-order valence-corrected chi connectivity index (χ2v) is 6.05. The van der Waals surface area contributed by atoms with E-state index in [1.165, 1.54) is 4.90 Å². The predicted octanol–water partition coefficient (Wildman–Crippen LogP) is 0.0154. The largest absolute Gasteiger partial charge is 0.477 e. The van der Waals surface area contributed by atoms with Crippen molar-refractivity contribution in [3.63, 3.8) is 0 Å². The van der Waals surface area contributed by atoms with Crippen molar-refractivity contribution in [2.75, 3.05) is 19.8 Å². The first-order valence-electron chi connectivity index (χ1n) is 5.65. The minimum Gasteiger partial charge on any atom is -0.477 e. The molecule has 2 saturated heterocycles. The van der Waals surface area contributed by atoms with Crippen LogP contribution in [0.15, 0.2) is 10.7 Å². The number of carboxylic acids is 1. The van der Waals surface area contributed by atoms with Crippen LogP contribution in [-0.2, 0) is 9.59 Å². The number of carboxylic acid groups (broad SMARTS) is 1. The van der Waals surface area contributed by atoms with Gasteiger partial charge in [-0.05, 0) is 0 Å². The van der Waals surface area contributed by atoms with Crippen LogP contribution >= 0.6 is 23.4 Å². The molecule has 0 radical (unpaired) electrons. The minimum atomic E-state index is -1.13. The zero-order chi connectivity index (χ0) is 12.9. The zero-order valence-electron chi connectivity index (χ0n) is 9.43. The molecule has 0 aromatic rings. The summed E-state index contributed by atoms with van der Waals surface area (Å²) >= 11 is 7.75. The summed E-state index contributed by atoms with van der Waals surface area (Å²) in [6.45, 7) is 2.40. The first-order chi connectivity index (χ1) is 8.59. The summed E-state index contributed by atoms with van der Waals surface area (Å²) in [4.78, 5) is 26.2. The molecule has 1 unspecified atom stereocenters. The van der Waals surface area contributed by atoms with Crippen molar-refractivity contribution in [2.45, 2.75) is 17.2 Å². The molecule has 2 fully saturated rings. The van der Waals surface area contributed by atoms with Crippen LogP contribution in [0.1, 0.15) is 6.42 Å². The molecule has 0 aliphatic carbocycles. The van der Waals surface area contributed by atoms with Crippen LogP contribution in [-0.4, -0.2) is 57.3 Å². The van der Waals surface area contributed by atoms with E-state index in [-0.39, 0.29) is 27.4 Å². The normalized spacial score (nSPS) is 32.5. The van der Waals surface area contributed by atoms with Gasteiger partial charge in [-0.25, -0.2) is 4.79 Å². The lowest BCUT2D eigenvalue weighted by atomic mass is 10.1. The zero-order valence-corrected chi connectivity index (χ0v) is 11.0. The van der Waals surface area contributed by atoms with Gasteiger partial charge in [0.1, 0.15) is 5.70 Å². The Balaban J connectivity index is 1.95. The number of halogens is 1. The quantitative estimate of drug-likeness (QED) is 0.698. The molecule has 3 heterocycles. The average molecular weight is 290 g/mol. The molecule has 0 spiro atoms. The number of hydrogen-bond acceptors (Lipinski definition) is 5. The van der Waals surface area contributed by atoms with Gasteiger partial charge in [0.05, 0.1) is 22.2 Å². The molecule has 3 aliphatic heterocycles. The van der Waals surface area contributed by atoms with E-state index in [0.717, 1.165) is 13.1 Å². The Labute approximate surface area is 113 Å². The van der Waals surface area contributed by atoms with E-state index >= 15 is 0 Å². The summed E-state index contributed by atoms with van der Waals surface area (Å²) < 4.78 is 0. The van der Waals surface area contributed by atoms with Crippen LogP contribution in [0, 0.1) is 0 Å². The van der Waals surface area contributed by atoms with Gasteiger partial charge < -0.3 is 10.4 Å². The van der Waals surface area contributed by atoms with E-state index in [0.29, 0.717) is 13.1 Å². The Morgan fingerprint density at radius 1 is 1.56 bits per heavy atom. The number of fused-ring (bicyclic) bond motifs is 1. The lowest BCUT2D eigenvalue weighted by molar-refractivity contribution is -0.146. The molecular weight excluding hydrogens is 278 g/mol. The fourth-order valence-corrected chi connectivity index (χ4v) is 4.31. The summed E-state index contributed by atoms with van der Waals surface area (Å²) in [5, 5.41) is 12.4. The number of nitrogens with one attached hydrogen (secondary N) is 1. The highest BCUT2D eigenvalue weighted by Gasteiger charge is 2.49. The van der Waals surface area contributed by atoms with Crippen LogP contribution in [0.25, 0.3) is 0 Å². The van der Waals surface area contributed by atoms with Gasteiger partial charge in [-0.15, -0.1) is 11.8 Å². The third-order valence-electron chi connectivity index (χ3n) is 3.30. The molecule has 1 amide bonds. The Hall–Kier alpha value is -0.760. The van der Waals surface area contributed by atoms with Crippen LogP contribution in [0.5, 0.6) is 0 Å².